The molecule has 0 N–H and O–H groups in total. The molecule has 0 amide bonds. The summed E-state index contributed by atoms with van der Waals surface area (Å²) in [5.74, 6) is -0.251. The predicted molar refractivity (Wildman–Crippen MR) is 135 cm³/mol. The van der Waals surface area contributed by atoms with Crippen LogP contribution in [0.5, 0.6) is 5.75 Å². The second-order valence-corrected chi connectivity index (χ2v) is 10.4. The van der Waals surface area contributed by atoms with E-state index in [-0.39, 0.29) is 17.1 Å². The van der Waals surface area contributed by atoms with Gasteiger partial charge in [0.05, 0.1) is 11.6 Å². The first-order chi connectivity index (χ1) is 15.3. The SMILES string of the molecule is CCCCCCCCCCCCCCCCCCn1ccc(=O)c(OC(=O)C(C)(C)C)c1. The van der Waals surface area contributed by atoms with E-state index < -0.39 is 5.41 Å². The Kier molecular flexibility index (Phi) is 15.1. The number of rotatable bonds is 18. The maximum atomic E-state index is 12.0. The summed E-state index contributed by atoms with van der Waals surface area (Å²) in [6, 6.07) is 1.48. The highest BCUT2D eigenvalue weighted by molar-refractivity contribution is 5.77. The molecular formula is C28H49NO3. The molecule has 0 spiro atoms. The van der Waals surface area contributed by atoms with E-state index in [1.165, 1.54) is 102 Å². The van der Waals surface area contributed by atoms with E-state index in [0.29, 0.717) is 0 Å². The second-order valence-electron chi connectivity index (χ2n) is 10.4. The lowest BCUT2D eigenvalue weighted by molar-refractivity contribution is -0.143. The van der Waals surface area contributed by atoms with Crippen molar-refractivity contribution in [1.82, 2.24) is 4.57 Å². The summed E-state index contributed by atoms with van der Waals surface area (Å²) < 4.78 is 7.27. The van der Waals surface area contributed by atoms with Crippen molar-refractivity contribution < 1.29 is 9.53 Å². The standard InChI is InChI=1S/C28H49NO3/c1-5-6-7-8-9-10-11-12-13-14-15-16-17-18-19-20-22-29-23-21-25(30)26(24-29)32-27(31)28(2,3)4/h21,23-24H,5-20,22H2,1-4H3. The van der Waals surface area contributed by atoms with Gasteiger partial charge in [0.25, 0.3) is 0 Å². The fourth-order valence-electron chi connectivity index (χ4n) is 3.81. The fourth-order valence-corrected chi connectivity index (χ4v) is 3.81. The number of hydrogen-bond donors (Lipinski definition) is 0. The van der Waals surface area contributed by atoms with Gasteiger partial charge in [0.1, 0.15) is 0 Å². The number of unbranched alkanes of at least 4 members (excludes halogenated alkanes) is 15. The Labute approximate surface area is 197 Å². The molecule has 0 atom stereocenters. The van der Waals surface area contributed by atoms with E-state index in [9.17, 15) is 9.59 Å². The van der Waals surface area contributed by atoms with Gasteiger partial charge in [-0.2, -0.15) is 0 Å². The van der Waals surface area contributed by atoms with Crippen LogP contribution in [-0.4, -0.2) is 10.5 Å². The zero-order valence-corrected chi connectivity index (χ0v) is 21.4. The quantitative estimate of drug-likeness (QED) is 0.169. The summed E-state index contributed by atoms with van der Waals surface area (Å²) in [7, 11) is 0. The minimum absolute atomic E-state index is 0.129. The third kappa shape index (κ3) is 13.8. The lowest BCUT2D eigenvalue weighted by atomic mass is 9.97. The Bertz CT molecular complexity index is 672. The molecule has 1 heterocycles. The summed E-state index contributed by atoms with van der Waals surface area (Å²) in [6.07, 6.45) is 25.1. The van der Waals surface area contributed by atoms with Gasteiger partial charge in [-0.1, -0.05) is 103 Å². The number of aromatic nitrogens is 1. The topological polar surface area (TPSA) is 48.3 Å². The molecule has 0 aliphatic heterocycles. The minimum atomic E-state index is -0.624. The second kappa shape index (κ2) is 17.0. The number of carbonyl (C=O) groups is 1. The van der Waals surface area contributed by atoms with Gasteiger partial charge in [-0.3, -0.25) is 9.59 Å². The summed E-state index contributed by atoms with van der Waals surface area (Å²) >= 11 is 0. The minimum Gasteiger partial charge on any atom is -0.420 e. The summed E-state index contributed by atoms with van der Waals surface area (Å²) in [5.41, 5.74) is -0.869. The molecule has 0 aromatic carbocycles. The number of nitrogens with zero attached hydrogens (tertiary/aromatic N) is 1. The van der Waals surface area contributed by atoms with Gasteiger partial charge in [-0.05, 0) is 27.2 Å². The van der Waals surface area contributed by atoms with Crippen molar-refractivity contribution in [3.63, 3.8) is 0 Å². The average Bonchev–Trinajstić information content (AvgIpc) is 2.74. The zero-order valence-electron chi connectivity index (χ0n) is 21.4. The molecule has 4 nitrogen and oxygen atoms in total. The van der Waals surface area contributed by atoms with Crippen LogP contribution in [0.1, 0.15) is 130 Å². The summed E-state index contributed by atoms with van der Waals surface area (Å²) in [5, 5.41) is 0. The number of aryl methyl sites for hydroxylation is 1. The highest BCUT2D eigenvalue weighted by atomic mass is 16.5. The lowest BCUT2D eigenvalue weighted by Crippen LogP contribution is -2.27. The van der Waals surface area contributed by atoms with Gasteiger partial charge in [0, 0.05) is 18.8 Å². The largest absolute Gasteiger partial charge is 0.420 e. The number of ether oxygens (including phenoxy) is 1. The smallest absolute Gasteiger partial charge is 0.316 e. The van der Waals surface area contributed by atoms with E-state index in [2.05, 4.69) is 6.92 Å². The Hall–Kier alpha value is -1.58. The van der Waals surface area contributed by atoms with Crippen molar-refractivity contribution in [3.8, 4) is 5.75 Å². The number of hydrogen-bond acceptors (Lipinski definition) is 3. The molecule has 4 heteroatoms. The van der Waals surface area contributed by atoms with Crippen LogP contribution in [0.2, 0.25) is 0 Å². The van der Waals surface area contributed by atoms with Gasteiger partial charge in [-0.25, -0.2) is 0 Å². The van der Waals surface area contributed by atoms with Gasteiger partial charge < -0.3 is 9.30 Å². The van der Waals surface area contributed by atoms with Crippen LogP contribution in [0.15, 0.2) is 23.3 Å². The molecule has 0 fully saturated rings. The van der Waals surface area contributed by atoms with Crippen LogP contribution < -0.4 is 10.2 Å². The molecule has 0 bridgehead atoms. The van der Waals surface area contributed by atoms with Crippen molar-refractivity contribution in [1.29, 1.82) is 0 Å². The van der Waals surface area contributed by atoms with E-state index in [0.717, 1.165) is 13.0 Å². The molecule has 1 aromatic heterocycles. The highest BCUT2D eigenvalue weighted by Gasteiger charge is 2.24. The molecule has 0 unspecified atom stereocenters. The van der Waals surface area contributed by atoms with Crippen LogP contribution >= 0.6 is 0 Å². The maximum Gasteiger partial charge on any atom is 0.316 e. The number of esters is 1. The first-order valence-corrected chi connectivity index (χ1v) is 13.3. The van der Waals surface area contributed by atoms with Gasteiger partial charge >= 0.3 is 5.97 Å². The Morgan fingerprint density at radius 3 is 1.66 bits per heavy atom. The molecule has 1 aromatic rings. The van der Waals surface area contributed by atoms with Crippen molar-refractivity contribution in [3.05, 3.63) is 28.7 Å². The van der Waals surface area contributed by atoms with Crippen LogP contribution in [-0.2, 0) is 11.3 Å². The molecule has 0 aliphatic rings. The van der Waals surface area contributed by atoms with Crippen LogP contribution in [0.25, 0.3) is 0 Å². The Morgan fingerprint density at radius 1 is 0.781 bits per heavy atom. The first kappa shape index (κ1) is 28.5. The summed E-state index contributed by atoms with van der Waals surface area (Å²) in [4.78, 5) is 24.0. The zero-order chi connectivity index (χ0) is 23.7. The molecule has 0 aliphatic carbocycles. The van der Waals surface area contributed by atoms with E-state index >= 15 is 0 Å². The molecular weight excluding hydrogens is 398 g/mol. The molecule has 32 heavy (non-hydrogen) atoms. The normalized spacial score (nSPS) is 11.6. The Morgan fingerprint density at radius 2 is 1.22 bits per heavy atom. The van der Waals surface area contributed by atoms with Crippen molar-refractivity contribution >= 4 is 5.97 Å². The van der Waals surface area contributed by atoms with Gasteiger partial charge in [-0.15, -0.1) is 0 Å². The first-order valence-electron chi connectivity index (χ1n) is 13.3. The van der Waals surface area contributed by atoms with Crippen LogP contribution in [0.4, 0.5) is 0 Å². The molecule has 0 radical (unpaired) electrons. The molecule has 184 valence electrons. The monoisotopic (exact) mass is 447 g/mol. The molecule has 0 saturated carbocycles. The van der Waals surface area contributed by atoms with Gasteiger partial charge in [0.2, 0.25) is 5.43 Å². The van der Waals surface area contributed by atoms with E-state index in [1.54, 1.807) is 33.2 Å². The van der Waals surface area contributed by atoms with E-state index in [1.807, 2.05) is 4.57 Å². The molecule has 0 saturated heterocycles. The molecule has 1 rings (SSSR count). The highest BCUT2D eigenvalue weighted by Crippen LogP contribution is 2.17. The lowest BCUT2D eigenvalue weighted by Gasteiger charge is -2.16. The van der Waals surface area contributed by atoms with Crippen molar-refractivity contribution in [2.24, 2.45) is 5.41 Å². The fraction of sp³-hybridized carbons (Fsp3) is 0.786. The van der Waals surface area contributed by atoms with Crippen molar-refractivity contribution in [2.45, 2.75) is 137 Å². The summed E-state index contributed by atoms with van der Waals surface area (Å²) in [6.45, 7) is 8.48. The van der Waals surface area contributed by atoms with E-state index in [4.69, 9.17) is 4.74 Å². The number of pyridine rings is 1. The van der Waals surface area contributed by atoms with Gasteiger partial charge in [0.15, 0.2) is 5.75 Å². The predicted octanol–water partition coefficient (Wildman–Crippen LogP) is 8.06. The third-order valence-corrected chi connectivity index (χ3v) is 6.03. The Balaban J connectivity index is 2.03. The number of carbonyl (C=O) groups excluding carboxylic acids is 1. The van der Waals surface area contributed by atoms with Crippen LogP contribution in [0.3, 0.4) is 0 Å². The van der Waals surface area contributed by atoms with Crippen molar-refractivity contribution in [2.75, 3.05) is 0 Å². The average molecular weight is 448 g/mol. The van der Waals surface area contributed by atoms with Crippen LogP contribution in [0, 0.1) is 5.41 Å². The third-order valence-electron chi connectivity index (χ3n) is 6.03. The maximum absolute atomic E-state index is 12.0.